The fraction of sp³-hybridized carbons (Fsp3) is 0.486. The molecule has 0 aromatic heterocycles. The number of benzene rings is 3. The third kappa shape index (κ3) is 8.61. The summed E-state index contributed by atoms with van der Waals surface area (Å²) in [6.07, 6.45) is 4.53. The van der Waals surface area contributed by atoms with Gasteiger partial charge in [0.1, 0.15) is 11.6 Å². The van der Waals surface area contributed by atoms with Crippen molar-refractivity contribution < 1.29 is 8.78 Å². The van der Waals surface area contributed by atoms with E-state index in [1.807, 2.05) is 24.3 Å². The normalized spacial score (nSPS) is 18.4. The lowest BCUT2D eigenvalue weighted by Crippen LogP contribution is -2.49. The molecular formula is C35H46ClF2N3. The highest BCUT2D eigenvalue weighted by Crippen LogP contribution is 2.34. The van der Waals surface area contributed by atoms with E-state index in [0.29, 0.717) is 17.9 Å². The third-order valence-corrected chi connectivity index (χ3v) is 9.16. The lowest BCUT2D eigenvalue weighted by molar-refractivity contribution is 0.0968. The second-order valence-corrected chi connectivity index (χ2v) is 12.0. The second-order valence-electron chi connectivity index (χ2n) is 12.0. The molecule has 0 N–H and O–H groups in total. The standard InChI is InChI=1S/C35H45F2N3.ClH/c1-27(2)40-19-16-30(17-20-40)35(29-12-14-32(36)15-13-29)26-39-23-21-38(22-24-39)18-6-9-28-7-3-4-11-34(28)31-8-5-10-33(37)25-31;/h3-5,7-8,10-15,25,27,30,35H,6,9,16-24,26H2,1-2H3;1H. The van der Waals surface area contributed by atoms with Crippen LogP contribution in [0.15, 0.2) is 72.8 Å². The van der Waals surface area contributed by atoms with Crippen LogP contribution in [0.25, 0.3) is 11.1 Å². The highest BCUT2D eigenvalue weighted by Gasteiger charge is 2.31. The minimum atomic E-state index is -0.187. The van der Waals surface area contributed by atoms with Gasteiger partial charge in [0.15, 0.2) is 0 Å². The van der Waals surface area contributed by atoms with Gasteiger partial charge in [-0.1, -0.05) is 48.5 Å². The number of piperidine rings is 1. The summed E-state index contributed by atoms with van der Waals surface area (Å²) in [4.78, 5) is 7.82. The van der Waals surface area contributed by atoms with Crippen molar-refractivity contribution in [1.82, 2.24) is 14.7 Å². The number of likely N-dealkylation sites (tertiary alicyclic amines) is 1. The number of nitrogens with zero attached hydrogens (tertiary/aromatic N) is 3. The van der Waals surface area contributed by atoms with Gasteiger partial charge >= 0.3 is 0 Å². The monoisotopic (exact) mass is 581 g/mol. The lowest BCUT2D eigenvalue weighted by atomic mass is 9.79. The molecule has 3 aromatic carbocycles. The fourth-order valence-corrected chi connectivity index (χ4v) is 6.72. The molecule has 0 radical (unpaired) electrons. The molecule has 2 aliphatic heterocycles. The molecule has 1 unspecified atom stereocenters. The number of hydrogen-bond acceptors (Lipinski definition) is 3. The van der Waals surface area contributed by atoms with Gasteiger partial charge in [-0.3, -0.25) is 0 Å². The van der Waals surface area contributed by atoms with Crippen LogP contribution in [0.3, 0.4) is 0 Å². The Labute approximate surface area is 252 Å². The van der Waals surface area contributed by atoms with Crippen molar-refractivity contribution >= 4 is 12.4 Å². The van der Waals surface area contributed by atoms with E-state index in [4.69, 9.17) is 0 Å². The first kappa shape index (κ1) is 31.6. The van der Waals surface area contributed by atoms with Gasteiger partial charge in [-0.25, -0.2) is 8.78 Å². The number of rotatable bonds is 10. The quantitative estimate of drug-likeness (QED) is 0.245. The van der Waals surface area contributed by atoms with E-state index in [0.717, 1.165) is 76.3 Å². The van der Waals surface area contributed by atoms with Gasteiger partial charge in [-0.05, 0) is 118 Å². The van der Waals surface area contributed by atoms with Gasteiger partial charge in [0.05, 0.1) is 0 Å². The van der Waals surface area contributed by atoms with Gasteiger partial charge in [0, 0.05) is 38.8 Å². The predicted octanol–water partition coefficient (Wildman–Crippen LogP) is 7.51. The van der Waals surface area contributed by atoms with E-state index >= 15 is 0 Å². The van der Waals surface area contributed by atoms with Gasteiger partial charge in [-0.15, -0.1) is 12.4 Å². The average Bonchev–Trinajstić information content (AvgIpc) is 2.97. The summed E-state index contributed by atoms with van der Waals surface area (Å²) in [6, 6.07) is 23.2. The molecule has 41 heavy (non-hydrogen) atoms. The Morgan fingerprint density at radius 2 is 1.44 bits per heavy atom. The predicted molar refractivity (Wildman–Crippen MR) is 169 cm³/mol. The molecule has 2 aliphatic rings. The summed E-state index contributed by atoms with van der Waals surface area (Å²) in [7, 11) is 0. The molecule has 0 spiro atoms. The van der Waals surface area contributed by atoms with Crippen molar-refractivity contribution in [2.45, 2.75) is 51.5 Å². The molecule has 0 amide bonds. The summed E-state index contributed by atoms with van der Waals surface area (Å²) < 4.78 is 27.6. The zero-order valence-electron chi connectivity index (χ0n) is 24.7. The Morgan fingerprint density at radius 1 is 0.756 bits per heavy atom. The van der Waals surface area contributed by atoms with Crippen LogP contribution in [0.5, 0.6) is 0 Å². The summed E-state index contributed by atoms with van der Waals surface area (Å²) in [6.45, 7) is 13.4. The Morgan fingerprint density at radius 3 is 2.12 bits per heavy atom. The van der Waals surface area contributed by atoms with Crippen LogP contribution in [0.4, 0.5) is 8.78 Å². The molecule has 1 atom stereocenters. The van der Waals surface area contributed by atoms with Crippen LogP contribution in [-0.2, 0) is 6.42 Å². The number of aryl methyl sites for hydroxylation is 1. The summed E-state index contributed by atoms with van der Waals surface area (Å²) >= 11 is 0. The minimum absolute atomic E-state index is 0. The van der Waals surface area contributed by atoms with Crippen molar-refractivity contribution in [3.63, 3.8) is 0 Å². The van der Waals surface area contributed by atoms with Crippen molar-refractivity contribution in [3.05, 3.63) is 95.6 Å². The van der Waals surface area contributed by atoms with Gasteiger partial charge in [0.25, 0.3) is 0 Å². The highest BCUT2D eigenvalue weighted by atomic mass is 35.5. The molecule has 3 nitrogen and oxygen atoms in total. The molecule has 222 valence electrons. The van der Waals surface area contributed by atoms with Crippen LogP contribution in [0, 0.1) is 17.6 Å². The lowest BCUT2D eigenvalue weighted by Gasteiger charge is -2.41. The fourth-order valence-electron chi connectivity index (χ4n) is 6.72. The van der Waals surface area contributed by atoms with Gasteiger partial charge < -0.3 is 14.7 Å². The maximum absolute atomic E-state index is 13.8. The van der Waals surface area contributed by atoms with Gasteiger partial charge in [0.2, 0.25) is 0 Å². The molecule has 3 aromatic rings. The van der Waals surface area contributed by atoms with Crippen LogP contribution in [0.1, 0.15) is 50.2 Å². The molecule has 0 aliphatic carbocycles. The van der Waals surface area contributed by atoms with E-state index in [1.54, 1.807) is 24.3 Å². The molecule has 6 heteroatoms. The molecule has 0 saturated carbocycles. The van der Waals surface area contributed by atoms with Crippen molar-refractivity contribution in [3.8, 4) is 11.1 Å². The molecule has 5 rings (SSSR count). The maximum Gasteiger partial charge on any atom is 0.123 e. The largest absolute Gasteiger partial charge is 0.301 e. The molecule has 0 bridgehead atoms. The van der Waals surface area contributed by atoms with Crippen LogP contribution in [0.2, 0.25) is 0 Å². The zero-order valence-corrected chi connectivity index (χ0v) is 25.5. The second kappa shape index (κ2) is 15.2. The number of halogens is 3. The summed E-state index contributed by atoms with van der Waals surface area (Å²) in [5.74, 6) is 0.773. The first-order valence-corrected chi connectivity index (χ1v) is 15.2. The Kier molecular flexibility index (Phi) is 11.8. The first-order chi connectivity index (χ1) is 19.5. The zero-order chi connectivity index (χ0) is 27.9. The molecule has 2 heterocycles. The van der Waals surface area contributed by atoms with Gasteiger partial charge in [-0.2, -0.15) is 0 Å². The summed E-state index contributed by atoms with van der Waals surface area (Å²) in [5, 5.41) is 0. The number of piperazine rings is 1. The third-order valence-electron chi connectivity index (χ3n) is 9.16. The van der Waals surface area contributed by atoms with Crippen molar-refractivity contribution in [2.75, 3.05) is 52.4 Å². The average molecular weight is 582 g/mol. The smallest absolute Gasteiger partial charge is 0.123 e. The molecular weight excluding hydrogens is 536 g/mol. The Bertz CT molecular complexity index is 1200. The van der Waals surface area contributed by atoms with E-state index in [-0.39, 0.29) is 24.0 Å². The topological polar surface area (TPSA) is 9.72 Å². The van der Waals surface area contributed by atoms with Crippen LogP contribution >= 0.6 is 12.4 Å². The summed E-state index contributed by atoms with van der Waals surface area (Å²) in [5.41, 5.74) is 4.67. The van der Waals surface area contributed by atoms with E-state index in [9.17, 15) is 8.78 Å². The molecule has 2 fully saturated rings. The minimum Gasteiger partial charge on any atom is -0.301 e. The van der Waals surface area contributed by atoms with Crippen molar-refractivity contribution in [2.24, 2.45) is 5.92 Å². The number of hydrogen-bond donors (Lipinski definition) is 0. The van der Waals surface area contributed by atoms with E-state index in [1.165, 1.54) is 30.0 Å². The van der Waals surface area contributed by atoms with E-state index < -0.39 is 0 Å². The maximum atomic E-state index is 13.8. The Balaban J connectivity index is 0.00000387. The Hall–Kier alpha value is -2.31. The molecule has 2 saturated heterocycles. The van der Waals surface area contributed by atoms with E-state index in [2.05, 4.69) is 46.7 Å². The highest BCUT2D eigenvalue weighted by molar-refractivity contribution is 5.85. The van der Waals surface area contributed by atoms with Crippen LogP contribution < -0.4 is 0 Å². The van der Waals surface area contributed by atoms with Crippen molar-refractivity contribution in [1.29, 1.82) is 0 Å². The van der Waals surface area contributed by atoms with Crippen LogP contribution in [-0.4, -0.2) is 73.1 Å². The SMILES string of the molecule is CC(C)N1CCC(C(CN2CCN(CCCc3ccccc3-c3cccc(F)c3)CC2)c2ccc(F)cc2)CC1.Cl. The first-order valence-electron chi connectivity index (χ1n) is 15.2.